The van der Waals surface area contributed by atoms with Gasteiger partial charge in [0.25, 0.3) is 0 Å². The first-order valence-corrected chi connectivity index (χ1v) is 14.3. The number of anilines is 3. The highest BCUT2D eigenvalue weighted by Crippen LogP contribution is 2.34. The number of piperazine rings is 1. The lowest BCUT2D eigenvalue weighted by molar-refractivity contribution is 0.270. The average Bonchev–Trinajstić information content (AvgIpc) is 3.04. The monoisotopic (exact) mass is 581 g/mol. The Balaban J connectivity index is 1.34. The molecule has 0 atom stereocenters. The maximum Gasteiger partial charge on any atom is 0.226 e. The Morgan fingerprint density at radius 2 is 1.50 bits per heavy atom. The van der Waals surface area contributed by atoms with Crippen LogP contribution in [0.5, 0.6) is 11.5 Å². The predicted octanol–water partition coefficient (Wildman–Crippen LogP) is 6.31. The van der Waals surface area contributed by atoms with Crippen LogP contribution < -0.4 is 19.7 Å². The van der Waals surface area contributed by atoms with Gasteiger partial charge in [-0.2, -0.15) is 0 Å². The number of benzene rings is 3. The quantitative estimate of drug-likeness (QED) is 0.226. The number of aromatic nitrogens is 4. The minimum Gasteiger partial charge on any atom is -0.493 e. The maximum absolute atomic E-state index is 6.15. The van der Waals surface area contributed by atoms with Crippen molar-refractivity contribution in [1.29, 1.82) is 0 Å². The number of fused-ring (bicyclic) bond motifs is 1. The molecule has 2 aromatic heterocycles. The molecule has 214 valence electrons. The molecule has 0 bridgehead atoms. The topological polar surface area (TPSA) is 88.5 Å². The molecule has 1 fully saturated rings. The van der Waals surface area contributed by atoms with E-state index < -0.39 is 0 Å². The third kappa shape index (κ3) is 5.79. The van der Waals surface area contributed by atoms with E-state index in [0.717, 1.165) is 83.6 Å². The molecule has 5 aromatic rings. The van der Waals surface area contributed by atoms with E-state index >= 15 is 0 Å². The van der Waals surface area contributed by atoms with Gasteiger partial charge in [0, 0.05) is 53.4 Å². The molecule has 3 heterocycles. The van der Waals surface area contributed by atoms with Crippen LogP contribution in [0, 0.1) is 0 Å². The maximum atomic E-state index is 6.15. The van der Waals surface area contributed by atoms with Gasteiger partial charge in [0.15, 0.2) is 11.5 Å². The Morgan fingerprint density at radius 3 is 2.21 bits per heavy atom. The molecular formula is C32H32ClN7O2. The largest absolute Gasteiger partial charge is 0.493 e. The van der Waals surface area contributed by atoms with Crippen LogP contribution in [0.15, 0.2) is 73.1 Å². The SMILES string of the molecule is CCN1CCN(c2nc(-c3ccc(Nc4ncnc5cc(Cl)ccc45)cc3)cc(-c3ccc(OC)c(OC)c3)n2)CC1. The third-order valence-corrected chi connectivity index (χ3v) is 7.77. The van der Waals surface area contributed by atoms with Crippen molar-refractivity contribution >= 4 is 40.0 Å². The molecule has 0 unspecified atom stereocenters. The Morgan fingerprint density at radius 1 is 0.786 bits per heavy atom. The van der Waals surface area contributed by atoms with Crippen LogP contribution in [0.1, 0.15) is 6.92 Å². The number of methoxy groups -OCH3 is 2. The second-order valence-corrected chi connectivity index (χ2v) is 10.5. The van der Waals surface area contributed by atoms with Crippen molar-refractivity contribution in [2.45, 2.75) is 6.92 Å². The molecule has 3 aromatic carbocycles. The van der Waals surface area contributed by atoms with Crippen molar-refractivity contribution < 1.29 is 9.47 Å². The Labute approximate surface area is 250 Å². The zero-order chi connectivity index (χ0) is 29.1. The van der Waals surface area contributed by atoms with Gasteiger partial charge in [-0.3, -0.25) is 0 Å². The zero-order valence-electron chi connectivity index (χ0n) is 23.8. The summed E-state index contributed by atoms with van der Waals surface area (Å²) in [6.07, 6.45) is 1.54. The number of nitrogens with zero attached hydrogens (tertiary/aromatic N) is 6. The lowest BCUT2D eigenvalue weighted by atomic mass is 10.1. The van der Waals surface area contributed by atoms with Crippen LogP contribution in [0.25, 0.3) is 33.4 Å². The first kappa shape index (κ1) is 27.7. The summed E-state index contributed by atoms with van der Waals surface area (Å²) in [4.78, 5) is 23.5. The van der Waals surface area contributed by atoms with Gasteiger partial charge in [0.2, 0.25) is 5.95 Å². The molecule has 0 radical (unpaired) electrons. The fourth-order valence-electron chi connectivity index (χ4n) is 5.12. The van der Waals surface area contributed by atoms with Crippen molar-refractivity contribution in [3.8, 4) is 34.0 Å². The standard InChI is InChI=1S/C32H32ClN7O2/c1-4-39-13-15-40(16-14-39)32-37-26(19-27(38-32)22-7-12-29(41-2)30(17-22)42-3)21-5-9-24(10-6-21)36-31-25-11-8-23(33)18-28(25)34-20-35-31/h5-12,17-20H,4,13-16H2,1-3H3,(H,34,35,36). The molecule has 0 aliphatic carbocycles. The van der Waals surface area contributed by atoms with Gasteiger partial charge in [-0.15, -0.1) is 0 Å². The molecule has 0 amide bonds. The van der Waals surface area contributed by atoms with Gasteiger partial charge in [-0.25, -0.2) is 19.9 Å². The highest BCUT2D eigenvalue weighted by atomic mass is 35.5. The summed E-state index contributed by atoms with van der Waals surface area (Å²) < 4.78 is 11.0. The van der Waals surface area contributed by atoms with Crippen LogP contribution in [-0.2, 0) is 0 Å². The molecule has 0 spiro atoms. The normalized spacial score (nSPS) is 13.8. The second kappa shape index (κ2) is 12.2. The highest BCUT2D eigenvalue weighted by molar-refractivity contribution is 6.31. The first-order chi connectivity index (χ1) is 20.5. The number of hydrogen-bond donors (Lipinski definition) is 1. The van der Waals surface area contributed by atoms with E-state index in [1.165, 1.54) is 6.33 Å². The molecule has 0 saturated carbocycles. The van der Waals surface area contributed by atoms with Gasteiger partial charge in [-0.05, 0) is 61.1 Å². The van der Waals surface area contributed by atoms with Crippen molar-refractivity contribution in [3.63, 3.8) is 0 Å². The fourth-order valence-corrected chi connectivity index (χ4v) is 5.29. The Bertz CT molecular complexity index is 1710. The van der Waals surface area contributed by atoms with Gasteiger partial charge in [-0.1, -0.05) is 30.7 Å². The van der Waals surface area contributed by atoms with Crippen molar-refractivity contribution in [2.24, 2.45) is 0 Å². The van der Waals surface area contributed by atoms with E-state index in [2.05, 4.69) is 44.1 Å². The van der Waals surface area contributed by atoms with E-state index in [0.29, 0.717) is 16.5 Å². The molecule has 1 aliphatic heterocycles. The summed E-state index contributed by atoms with van der Waals surface area (Å²) in [6, 6.07) is 21.6. The summed E-state index contributed by atoms with van der Waals surface area (Å²) in [5.74, 6) is 2.77. The number of nitrogens with one attached hydrogen (secondary N) is 1. The fraction of sp³-hybridized carbons (Fsp3) is 0.250. The molecular weight excluding hydrogens is 550 g/mol. The van der Waals surface area contributed by atoms with Crippen LogP contribution in [0.4, 0.5) is 17.5 Å². The van der Waals surface area contributed by atoms with Crippen molar-refractivity contribution in [2.75, 3.05) is 57.2 Å². The van der Waals surface area contributed by atoms with Gasteiger partial charge >= 0.3 is 0 Å². The average molecular weight is 582 g/mol. The van der Waals surface area contributed by atoms with Crippen LogP contribution in [-0.4, -0.2) is 71.8 Å². The van der Waals surface area contributed by atoms with Gasteiger partial charge in [0.1, 0.15) is 12.1 Å². The number of rotatable bonds is 8. The van der Waals surface area contributed by atoms with E-state index in [4.69, 9.17) is 31.0 Å². The minimum absolute atomic E-state index is 0.639. The summed E-state index contributed by atoms with van der Waals surface area (Å²) in [7, 11) is 3.27. The molecule has 9 nitrogen and oxygen atoms in total. The molecule has 42 heavy (non-hydrogen) atoms. The molecule has 1 aliphatic rings. The third-order valence-electron chi connectivity index (χ3n) is 7.54. The zero-order valence-corrected chi connectivity index (χ0v) is 24.6. The molecule has 1 N–H and O–H groups in total. The smallest absolute Gasteiger partial charge is 0.226 e. The van der Waals surface area contributed by atoms with Crippen molar-refractivity contribution in [3.05, 3.63) is 78.1 Å². The van der Waals surface area contributed by atoms with E-state index in [1.807, 2.05) is 54.6 Å². The highest BCUT2D eigenvalue weighted by Gasteiger charge is 2.20. The van der Waals surface area contributed by atoms with Crippen LogP contribution >= 0.6 is 11.6 Å². The number of hydrogen-bond acceptors (Lipinski definition) is 9. The van der Waals surface area contributed by atoms with Gasteiger partial charge in [0.05, 0.1) is 31.1 Å². The lowest BCUT2D eigenvalue weighted by Gasteiger charge is -2.34. The lowest BCUT2D eigenvalue weighted by Crippen LogP contribution is -2.46. The number of likely N-dealkylation sites (N-methyl/N-ethyl adjacent to an activating group) is 1. The molecule has 10 heteroatoms. The van der Waals surface area contributed by atoms with E-state index in [9.17, 15) is 0 Å². The summed E-state index contributed by atoms with van der Waals surface area (Å²) >= 11 is 6.15. The van der Waals surface area contributed by atoms with Crippen LogP contribution in [0.3, 0.4) is 0 Å². The van der Waals surface area contributed by atoms with E-state index in [-0.39, 0.29) is 0 Å². The van der Waals surface area contributed by atoms with E-state index in [1.54, 1.807) is 14.2 Å². The molecule has 1 saturated heterocycles. The second-order valence-electron chi connectivity index (χ2n) is 10.0. The first-order valence-electron chi connectivity index (χ1n) is 13.9. The number of ether oxygens (including phenoxy) is 2. The number of halogens is 1. The summed E-state index contributed by atoms with van der Waals surface area (Å²) in [5.41, 5.74) is 5.26. The molecule has 6 rings (SSSR count). The summed E-state index contributed by atoms with van der Waals surface area (Å²) in [5, 5.41) is 4.95. The minimum atomic E-state index is 0.639. The Hall–Kier alpha value is -4.47. The van der Waals surface area contributed by atoms with Gasteiger partial charge < -0.3 is 24.6 Å². The van der Waals surface area contributed by atoms with Crippen LogP contribution in [0.2, 0.25) is 5.02 Å². The Kier molecular flexibility index (Phi) is 8.03. The predicted molar refractivity (Wildman–Crippen MR) is 168 cm³/mol. The van der Waals surface area contributed by atoms with Crippen molar-refractivity contribution in [1.82, 2.24) is 24.8 Å². The summed E-state index contributed by atoms with van der Waals surface area (Å²) in [6.45, 7) is 6.97.